The molecule has 27 heavy (non-hydrogen) atoms. The molecule has 2 nitrogen and oxygen atoms in total. The van der Waals surface area contributed by atoms with Crippen LogP contribution in [0.3, 0.4) is 0 Å². The first-order valence-corrected chi connectivity index (χ1v) is 9.90. The van der Waals surface area contributed by atoms with Crippen LogP contribution in [0.4, 0.5) is 4.39 Å². The normalized spacial score (nSPS) is 11.0. The molecule has 0 atom stereocenters. The first kappa shape index (κ1) is 19.3. The van der Waals surface area contributed by atoms with Crippen LogP contribution in [0.5, 0.6) is 0 Å². The van der Waals surface area contributed by atoms with Crippen molar-refractivity contribution in [2.75, 3.05) is 6.61 Å². The summed E-state index contributed by atoms with van der Waals surface area (Å²) in [5, 5.41) is 0. The van der Waals surface area contributed by atoms with Crippen molar-refractivity contribution in [3.05, 3.63) is 70.4 Å². The summed E-state index contributed by atoms with van der Waals surface area (Å²) in [5.41, 5.74) is 4.46. The second kappa shape index (κ2) is 8.05. The molecule has 0 aliphatic rings. The van der Waals surface area contributed by atoms with Crippen LogP contribution in [0.1, 0.15) is 47.5 Å². The first-order chi connectivity index (χ1) is 12.9. The van der Waals surface area contributed by atoms with Gasteiger partial charge in [-0.25, -0.2) is 9.18 Å². The van der Waals surface area contributed by atoms with Gasteiger partial charge >= 0.3 is 5.97 Å². The first-order valence-electron chi connectivity index (χ1n) is 9.09. The highest BCUT2D eigenvalue weighted by Crippen LogP contribution is 2.46. The summed E-state index contributed by atoms with van der Waals surface area (Å²) in [4.78, 5) is 14.8. The third-order valence-corrected chi connectivity index (χ3v) is 5.93. The summed E-state index contributed by atoms with van der Waals surface area (Å²) >= 11 is 1.61. The number of rotatable bonds is 5. The van der Waals surface area contributed by atoms with Gasteiger partial charge in [-0.15, -0.1) is 11.3 Å². The molecule has 0 spiro atoms. The fraction of sp³-hybridized carbons (Fsp3) is 0.261. The Morgan fingerprint density at radius 1 is 1.04 bits per heavy atom. The Balaban J connectivity index is 2.31. The van der Waals surface area contributed by atoms with Gasteiger partial charge in [0.25, 0.3) is 0 Å². The third kappa shape index (κ3) is 3.96. The molecular weight excluding hydrogens is 359 g/mol. The van der Waals surface area contributed by atoms with Crippen LogP contribution in [0.15, 0.2) is 48.5 Å². The molecule has 0 amide bonds. The zero-order chi connectivity index (χ0) is 19.6. The highest BCUT2D eigenvalue weighted by atomic mass is 32.1. The van der Waals surface area contributed by atoms with Crippen LogP contribution < -0.4 is 0 Å². The Bertz CT molecular complexity index is 938. The van der Waals surface area contributed by atoms with E-state index in [1.165, 1.54) is 17.7 Å². The fourth-order valence-corrected chi connectivity index (χ4v) is 4.38. The lowest BCUT2D eigenvalue weighted by Crippen LogP contribution is -2.08. The minimum Gasteiger partial charge on any atom is -0.462 e. The van der Waals surface area contributed by atoms with Gasteiger partial charge in [0.2, 0.25) is 0 Å². The van der Waals surface area contributed by atoms with E-state index in [4.69, 9.17) is 4.74 Å². The molecule has 3 rings (SSSR count). The van der Waals surface area contributed by atoms with Crippen molar-refractivity contribution >= 4 is 17.3 Å². The summed E-state index contributed by atoms with van der Waals surface area (Å²) in [6, 6.07) is 14.5. The molecule has 1 heterocycles. The van der Waals surface area contributed by atoms with Crippen molar-refractivity contribution in [2.24, 2.45) is 0 Å². The van der Waals surface area contributed by atoms with Crippen molar-refractivity contribution < 1.29 is 13.9 Å². The van der Waals surface area contributed by atoms with E-state index < -0.39 is 0 Å². The van der Waals surface area contributed by atoms with Crippen LogP contribution in [0.25, 0.3) is 21.6 Å². The van der Waals surface area contributed by atoms with E-state index in [0.29, 0.717) is 12.2 Å². The predicted octanol–water partition coefficient (Wildman–Crippen LogP) is 6.83. The number of benzene rings is 2. The van der Waals surface area contributed by atoms with Gasteiger partial charge in [0.1, 0.15) is 5.82 Å². The van der Waals surface area contributed by atoms with Crippen LogP contribution in [-0.2, 0) is 4.74 Å². The highest BCUT2D eigenvalue weighted by Gasteiger charge is 2.27. The second-order valence-corrected chi connectivity index (χ2v) is 7.85. The average Bonchev–Trinajstić information content (AvgIpc) is 3.04. The van der Waals surface area contributed by atoms with Crippen LogP contribution in [0, 0.1) is 12.7 Å². The molecule has 0 unspecified atom stereocenters. The molecular formula is C23H23FO2S. The number of esters is 1. The molecule has 1 aromatic heterocycles. The summed E-state index contributed by atoms with van der Waals surface area (Å²) in [7, 11) is 0. The maximum absolute atomic E-state index is 13.5. The van der Waals surface area contributed by atoms with Crippen molar-refractivity contribution in [1.29, 1.82) is 0 Å². The quantitative estimate of drug-likeness (QED) is 0.452. The minimum atomic E-state index is -0.324. The smallest absolute Gasteiger partial charge is 0.339 e. The summed E-state index contributed by atoms with van der Waals surface area (Å²) in [5.74, 6) is -0.449. The number of hydrogen-bond donors (Lipinski definition) is 0. The lowest BCUT2D eigenvalue weighted by molar-refractivity contribution is 0.0526. The molecule has 0 fully saturated rings. The molecule has 0 bridgehead atoms. The molecule has 140 valence electrons. The van der Waals surface area contributed by atoms with Gasteiger partial charge in [0, 0.05) is 15.3 Å². The largest absolute Gasteiger partial charge is 0.462 e. The second-order valence-electron chi connectivity index (χ2n) is 6.79. The summed E-state index contributed by atoms with van der Waals surface area (Å²) < 4.78 is 18.9. The molecule has 0 saturated carbocycles. The number of aryl methyl sites for hydroxylation is 1. The Morgan fingerprint density at radius 2 is 1.63 bits per heavy atom. The van der Waals surface area contributed by atoms with Crippen molar-refractivity contribution in [3.63, 3.8) is 0 Å². The standard InChI is InChI=1S/C23H23FO2S/c1-5-26-23(25)20-19(16-10-12-18(24)13-11-16)22(27-21(20)14(2)3)17-8-6-15(4)7-9-17/h6-14H,5H2,1-4H3. The molecule has 0 aliphatic heterocycles. The van der Waals surface area contributed by atoms with E-state index >= 15 is 0 Å². The van der Waals surface area contributed by atoms with E-state index in [1.807, 2.05) is 6.92 Å². The summed E-state index contributed by atoms with van der Waals surface area (Å²) in [6.07, 6.45) is 0. The predicted molar refractivity (Wildman–Crippen MR) is 110 cm³/mol. The molecule has 4 heteroatoms. The maximum atomic E-state index is 13.5. The van der Waals surface area contributed by atoms with E-state index in [1.54, 1.807) is 30.4 Å². The molecule has 0 N–H and O–H groups in total. The summed E-state index contributed by atoms with van der Waals surface area (Å²) in [6.45, 7) is 8.30. The van der Waals surface area contributed by atoms with Crippen molar-refractivity contribution in [3.8, 4) is 21.6 Å². The van der Waals surface area contributed by atoms with Gasteiger partial charge in [-0.3, -0.25) is 0 Å². The van der Waals surface area contributed by atoms with Crippen molar-refractivity contribution in [1.82, 2.24) is 0 Å². The third-order valence-electron chi connectivity index (χ3n) is 4.39. The topological polar surface area (TPSA) is 26.3 Å². The van der Waals surface area contributed by atoms with Gasteiger partial charge in [-0.2, -0.15) is 0 Å². The zero-order valence-corrected chi connectivity index (χ0v) is 16.8. The van der Waals surface area contributed by atoms with E-state index in [2.05, 4.69) is 38.1 Å². The number of halogens is 1. The van der Waals surface area contributed by atoms with Gasteiger partial charge in [-0.1, -0.05) is 55.8 Å². The van der Waals surface area contributed by atoms with Crippen molar-refractivity contribution in [2.45, 2.75) is 33.6 Å². The van der Waals surface area contributed by atoms with E-state index in [9.17, 15) is 9.18 Å². The van der Waals surface area contributed by atoms with E-state index in [-0.39, 0.29) is 17.7 Å². The number of carbonyl (C=O) groups excluding carboxylic acids is 1. The Kier molecular flexibility index (Phi) is 5.76. The van der Waals surface area contributed by atoms with Crippen LogP contribution in [0.2, 0.25) is 0 Å². The number of hydrogen-bond acceptors (Lipinski definition) is 3. The molecule has 2 aromatic carbocycles. The Labute approximate surface area is 163 Å². The van der Waals surface area contributed by atoms with E-state index in [0.717, 1.165) is 26.4 Å². The lowest BCUT2D eigenvalue weighted by Gasteiger charge is -2.10. The van der Waals surface area contributed by atoms with Gasteiger partial charge in [0.05, 0.1) is 12.2 Å². The lowest BCUT2D eigenvalue weighted by atomic mass is 9.94. The van der Waals surface area contributed by atoms with Crippen LogP contribution >= 0.6 is 11.3 Å². The van der Waals surface area contributed by atoms with Gasteiger partial charge in [0.15, 0.2) is 0 Å². The maximum Gasteiger partial charge on any atom is 0.339 e. The number of thiophene rings is 1. The monoisotopic (exact) mass is 382 g/mol. The SMILES string of the molecule is CCOC(=O)c1c(C(C)C)sc(-c2ccc(C)cc2)c1-c1ccc(F)cc1. The average molecular weight is 383 g/mol. The molecule has 0 radical (unpaired) electrons. The Morgan fingerprint density at radius 3 is 2.19 bits per heavy atom. The molecule has 0 saturated heterocycles. The Hall–Kier alpha value is -2.46. The number of ether oxygens (including phenoxy) is 1. The number of carbonyl (C=O) groups is 1. The van der Waals surface area contributed by atoms with Crippen LogP contribution in [-0.4, -0.2) is 12.6 Å². The van der Waals surface area contributed by atoms with Gasteiger partial charge in [-0.05, 0) is 43.0 Å². The zero-order valence-electron chi connectivity index (χ0n) is 16.0. The fourth-order valence-electron chi connectivity index (χ4n) is 3.06. The minimum absolute atomic E-state index is 0.174. The highest BCUT2D eigenvalue weighted by molar-refractivity contribution is 7.16. The van der Waals surface area contributed by atoms with Gasteiger partial charge < -0.3 is 4.74 Å². The molecule has 3 aromatic rings. The molecule has 0 aliphatic carbocycles.